The van der Waals surface area contributed by atoms with Gasteiger partial charge in [0.2, 0.25) is 0 Å². The van der Waals surface area contributed by atoms with Crippen LogP contribution >= 0.6 is 0 Å². The fraction of sp³-hybridized carbons (Fsp3) is 0.375. The van der Waals surface area contributed by atoms with Gasteiger partial charge in [0.25, 0.3) is 0 Å². The Labute approximate surface area is 113 Å². The van der Waals surface area contributed by atoms with E-state index in [4.69, 9.17) is 4.42 Å². The molecule has 1 N–H and O–H groups in total. The van der Waals surface area contributed by atoms with Crippen molar-refractivity contribution >= 4 is 0 Å². The summed E-state index contributed by atoms with van der Waals surface area (Å²) < 4.78 is 18.8. The van der Waals surface area contributed by atoms with Gasteiger partial charge in [-0.3, -0.25) is 0 Å². The SMILES string of the molecule is CCCNC(Cc1cc(F)ccc1C)c1ccco1. The first-order valence-corrected chi connectivity index (χ1v) is 6.72. The second-order valence-corrected chi connectivity index (χ2v) is 4.80. The van der Waals surface area contributed by atoms with Crippen molar-refractivity contribution in [1.82, 2.24) is 5.32 Å². The third-order valence-electron chi connectivity index (χ3n) is 3.26. The lowest BCUT2D eigenvalue weighted by atomic mass is 9.99. The van der Waals surface area contributed by atoms with Crippen LogP contribution in [0.25, 0.3) is 0 Å². The van der Waals surface area contributed by atoms with E-state index in [-0.39, 0.29) is 11.9 Å². The van der Waals surface area contributed by atoms with E-state index in [9.17, 15) is 4.39 Å². The van der Waals surface area contributed by atoms with Gasteiger partial charge in [-0.25, -0.2) is 4.39 Å². The third kappa shape index (κ3) is 3.67. The standard InChI is InChI=1S/C16H20FNO/c1-3-8-18-15(16-5-4-9-19-16)11-13-10-14(17)7-6-12(13)2/h4-7,9-10,15,18H,3,8,11H2,1-2H3. The second kappa shape index (κ2) is 6.53. The topological polar surface area (TPSA) is 25.2 Å². The van der Waals surface area contributed by atoms with E-state index < -0.39 is 0 Å². The number of hydrogen-bond acceptors (Lipinski definition) is 2. The van der Waals surface area contributed by atoms with E-state index in [0.29, 0.717) is 0 Å². The lowest BCUT2D eigenvalue weighted by molar-refractivity contribution is 0.409. The quantitative estimate of drug-likeness (QED) is 0.850. The van der Waals surface area contributed by atoms with Crippen LogP contribution in [-0.4, -0.2) is 6.54 Å². The van der Waals surface area contributed by atoms with Gasteiger partial charge < -0.3 is 9.73 Å². The van der Waals surface area contributed by atoms with Crippen LogP contribution in [0.1, 0.15) is 36.3 Å². The van der Waals surface area contributed by atoms with Gasteiger partial charge in [0, 0.05) is 0 Å². The van der Waals surface area contributed by atoms with Crippen molar-refractivity contribution in [3.63, 3.8) is 0 Å². The molecule has 0 spiro atoms. The van der Waals surface area contributed by atoms with E-state index in [1.165, 1.54) is 6.07 Å². The summed E-state index contributed by atoms with van der Waals surface area (Å²) in [5.74, 6) is 0.714. The Morgan fingerprint density at radius 1 is 1.32 bits per heavy atom. The number of benzene rings is 1. The highest BCUT2D eigenvalue weighted by Gasteiger charge is 2.15. The highest BCUT2D eigenvalue weighted by molar-refractivity contribution is 5.28. The zero-order valence-corrected chi connectivity index (χ0v) is 11.4. The normalized spacial score (nSPS) is 12.6. The average Bonchev–Trinajstić information content (AvgIpc) is 2.92. The van der Waals surface area contributed by atoms with Crippen LogP contribution in [0.3, 0.4) is 0 Å². The molecular weight excluding hydrogens is 241 g/mol. The molecule has 0 saturated carbocycles. The van der Waals surface area contributed by atoms with Crippen molar-refractivity contribution in [2.24, 2.45) is 0 Å². The summed E-state index contributed by atoms with van der Waals surface area (Å²) >= 11 is 0. The molecule has 0 saturated heterocycles. The zero-order chi connectivity index (χ0) is 13.7. The van der Waals surface area contributed by atoms with Crippen molar-refractivity contribution in [3.8, 4) is 0 Å². The molecule has 1 aromatic heterocycles. The smallest absolute Gasteiger partial charge is 0.123 e. The molecule has 0 aliphatic rings. The van der Waals surface area contributed by atoms with Gasteiger partial charge in [-0.2, -0.15) is 0 Å². The molecule has 2 aromatic rings. The van der Waals surface area contributed by atoms with Crippen LogP contribution in [0.2, 0.25) is 0 Å². The summed E-state index contributed by atoms with van der Waals surface area (Å²) in [4.78, 5) is 0. The van der Waals surface area contributed by atoms with E-state index in [0.717, 1.165) is 36.3 Å². The molecule has 0 bridgehead atoms. The van der Waals surface area contributed by atoms with E-state index in [1.807, 2.05) is 25.1 Å². The van der Waals surface area contributed by atoms with Crippen LogP contribution in [0, 0.1) is 12.7 Å². The minimum Gasteiger partial charge on any atom is -0.468 e. The maximum absolute atomic E-state index is 13.3. The van der Waals surface area contributed by atoms with Crippen molar-refractivity contribution in [2.45, 2.75) is 32.7 Å². The van der Waals surface area contributed by atoms with Crippen molar-refractivity contribution in [2.75, 3.05) is 6.54 Å². The van der Waals surface area contributed by atoms with Gasteiger partial charge >= 0.3 is 0 Å². The van der Waals surface area contributed by atoms with Crippen LogP contribution in [0.15, 0.2) is 41.0 Å². The minimum absolute atomic E-state index is 0.0930. The number of aryl methyl sites for hydroxylation is 1. The predicted octanol–water partition coefficient (Wildman–Crippen LogP) is 4.01. The Hall–Kier alpha value is -1.61. The highest BCUT2D eigenvalue weighted by Crippen LogP contribution is 2.21. The Balaban J connectivity index is 2.17. The van der Waals surface area contributed by atoms with Gasteiger partial charge in [-0.1, -0.05) is 13.0 Å². The molecule has 1 aromatic carbocycles. The molecule has 0 radical (unpaired) electrons. The van der Waals surface area contributed by atoms with E-state index in [1.54, 1.807) is 12.3 Å². The molecule has 1 unspecified atom stereocenters. The van der Waals surface area contributed by atoms with Crippen molar-refractivity contribution in [3.05, 3.63) is 59.3 Å². The van der Waals surface area contributed by atoms with Gasteiger partial charge in [-0.05, 0) is 61.7 Å². The maximum atomic E-state index is 13.3. The third-order valence-corrected chi connectivity index (χ3v) is 3.26. The average molecular weight is 261 g/mol. The van der Waals surface area contributed by atoms with Gasteiger partial charge in [0.1, 0.15) is 11.6 Å². The molecule has 2 rings (SSSR count). The number of furan rings is 1. The summed E-state index contributed by atoms with van der Waals surface area (Å²) in [7, 11) is 0. The number of nitrogens with one attached hydrogen (secondary N) is 1. The number of halogens is 1. The summed E-state index contributed by atoms with van der Waals surface area (Å²) in [6, 6.07) is 8.87. The van der Waals surface area contributed by atoms with Crippen LogP contribution < -0.4 is 5.32 Å². The Bertz CT molecular complexity index is 507. The van der Waals surface area contributed by atoms with Crippen molar-refractivity contribution in [1.29, 1.82) is 0 Å². The van der Waals surface area contributed by atoms with E-state index >= 15 is 0 Å². The summed E-state index contributed by atoms with van der Waals surface area (Å²) in [6.45, 7) is 5.05. The molecule has 1 atom stereocenters. The molecule has 2 nitrogen and oxygen atoms in total. The first-order valence-electron chi connectivity index (χ1n) is 6.72. The minimum atomic E-state index is -0.186. The van der Waals surface area contributed by atoms with Crippen LogP contribution in [-0.2, 0) is 6.42 Å². The number of rotatable bonds is 6. The molecule has 19 heavy (non-hydrogen) atoms. The predicted molar refractivity (Wildman–Crippen MR) is 74.6 cm³/mol. The van der Waals surface area contributed by atoms with Gasteiger partial charge in [0.15, 0.2) is 0 Å². The molecule has 102 valence electrons. The Kier molecular flexibility index (Phi) is 4.74. The second-order valence-electron chi connectivity index (χ2n) is 4.80. The zero-order valence-electron chi connectivity index (χ0n) is 11.4. The van der Waals surface area contributed by atoms with Crippen molar-refractivity contribution < 1.29 is 8.81 Å². The number of hydrogen-bond donors (Lipinski definition) is 1. The summed E-state index contributed by atoms with van der Waals surface area (Å²) in [5.41, 5.74) is 2.13. The summed E-state index contributed by atoms with van der Waals surface area (Å²) in [5, 5.41) is 3.45. The Morgan fingerprint density at radius 3 is 2.84 bits per heavy atom. The fourth-order valence-electron chi connectivity index (χ4n) is 2.16. The first kappa shape index (κ1) is 13.8. The largest absolute Gasteiger partial charge is 0.468 e. The van der Waals surface area contributed by atoms with Crippen LogP contribution in [0.4, 0.5) is 4.39 Å². The summed E-state index contributed by atoms with van der Waals surface area (Å²) in [6.07, 6.45) is 3.46. The monoisotopic (exact) mass is 261 g/mol. The van der Waals surface area contributed by atoms with Crippen LogP contribution in [0.5, 0.6) is 0 Å². The Morgan fingerprint density at radius 2 is 2.16 bits per heavy atom. The molecular formula is C16H20FNO. The lowest BCUT2D eigenvalue weighted by Crippen LogP contribution is -2.24. The maximum Gasteiger partial charge on any atom is 0.123 e. The first-order chi connectivity index (χ1) is 9.20. The van der Waals surface area contributed by atoms with Gasteiger partial charge in [0.05, 0.1) is 12.3 Å². The fourth-order valence-corrected chi connectivity index (χ4v) is 2.16. The molecule has 1 heterocycles. The molecule has 0 aliphatic heterocycles. The molecule has 0 aliphatic carbocycles. The van der Waals surface area contributed by atoms with Gasteiger partial charge in [-0.15, -0.1) is 0 Å². The molecule has 0 amide bonds. The molecule has 0 fully saturated rings. The van der Waals surface area contributed by atoms with E-state index in [2.05, 4.69) is 12.2 Å². The molecule has 3 heteroatoms. The lowest BCUT2D eigenvalue weighted by Gasteiger charge is -2.17. The highest BCUT2D eigenvalue weighted by atomic mass is 19.1.